The predicted octanol–water partition coefficient (Wildman–Crippen LogP) is 4.15. The van der Waals surface area contributed by atoms with E-state index in [0.29, 0.717) is 17.1 Å². The quantitative estimate of drug-likeness (QED) is 0.695. The number of anilines is 1. The van der Waals surface area contributed by atoms with Gasteiger partial charge in [0.05, 0.1) is 12.1 Å². The number of rotatable bonds is 2. The van der Waals surface area contributed by atoms with Gasteiger partial charge in [0.1, 0.15) is 0 Å². The molecular weight excluding hydrogens is 386 g/mol. The summed E-state index contributed by atoms with van der Waals surface area (Å²) in [4.78, 5) is 29.8. The number of aryl methyl sites for hydroxylation is 2. The van der Waals surface area contributed by atoms with Crippen molar-refractivity contribution in [3.05, 3.63) is 82.1 Å². The number of nitrogens with two attached hydrogens (primary N) is 1. The molecule has 0 atom stereocenters. The molecule has 2 N–H and O–H groups in total. The maximum absolute atomic E-state index is 12.4. The number of amides is 2. The molecule has 0 aliphatic carbocycles. The maximum Gasteiger partial charge on any atom is 0.250 e. The molecule has 1 aromatic heterocycles. The number of nitrogens with zero attached hydrogens (tertiary/aromatic N) is 2. The summed E-state index contributed by atoms with van der Waals surface area (Å²) in [6, 6.07) is 13.5. The van der Waals surface area contributed by atoms with E-state index in [1.165, 1.54) is 6.20 Å². The Hall–Kier alpha value is -3.18. The molecular formula is C23H20ClN3O2. The molecule has 0 saturated heterocycles. The largest absolute Gasteiger partial charge is 0.366 e. The Labute approximate surface area is 174 Å². The normalized spacial score (nSPS) is 13.1. The second-order valence-corrected chi connectivity index (χ2v) is 7.62. The zero-order valence-electron chi connectivity index (χ0n) is 16.0. The monoisotopic (exact) mass is 405 g/mol. The molecule has 1 aliphatic rings. The van der Waals surface area contributed by atoms with Crippen LogP contribution in [-0.2, 0) is 24.2 Å². The van der Waals surface area contributed by atoms with Crippen molar-refractivity contribution >= 4 is 29.1 Å². The van der Waals surface area contributed by atoms with Crippen LogP contribution < -0.4 is 10.6 Å². The lowest BCUT2D eigenvalue weighted by molar-refractivity contribution is -0.116. The highest BCUT2D eigenvalue weighted by molar-refractivity contribution is 6.30. The number of hydrogen-bond acceptors (Lipinski definition) is 3. The minimum atomic E-state index is -0.504. The van der Waals surface area contributed by atoms with E-state index in [2.05, 4.69) is 11.1 Å². The van der Waals surface area contributed by atoms with Crippen LogP contribution in [0.25, 0.3) is 11.1 Å². The number of hydrogen-bond donors (Lipinski definition) is 1. The molecule has 1 aliphatic heterocycles. The van der Waals surface area contributed by atoms with E-state index in [9.17, 15) is 9.59 Å². The third-order valence-corrected chi connectivity index (χ3v) is 5.50. The molecule has 0 fully saturated rings. The summed E-state index contributed by atoms with van der Waals surface area (Å²) in [5, 5.41) is 0.663. The van der Waals surface area contributed by atoms with E-state index in [1.807, 2.05) is 30.3 Å². The summed E-state index contributed by atoms with van der Waals surface area (Å²) < 4.78 is 0. The fourth-order valence-corrected chi connectivity index (χ4v) is 3.94. The molecule has 3 aromatic rings. The minimum absolute atomic E-state index is 0.0103. The van der Waals surface area contributed by atoms with Gasteiger partial charge in [0.25, 0.3) is 0 Å². The average molecular weight is 406 g/mol. The Balaban J connectivity index is 1.75. The molecule has 29 heavy (non-hydrogen) atoms. The highest BCUT2D eigenvalue weighted by Crippen LogP contribution is 2.32. The first-order valence-electron chi connectivity index (χ1n) is 9.36. The van der Waals surface area contributed by atoms with Gasteiger partial charge in [-0.05, 0) is 59.4 Å². The number of aromatic nitrogens is 1. The summed E-state index contributed by atoms with van der Waals surface area (Å²) in [5.41, 5.74) is 11.8. The molecule has 0 saturated carbocycles. The lowest BCUT2D eigenvalue weighted by atomic mass is 9.92. The molecule has 6 heteroatoms. The molecule has 2 amide bonds. The second-order valence-electron chi connectivity index (χ2n) is 7.19. The first-order chi connectivity index (χ1) is 13.9. The highest BCUT2D eigenvalue weighted by Gasteiger charge is 2.21. The fraction of sp³-hybridized carbons (Fsp3) is 0.174. The van der Waals surface area contributed by atoms with Crippen molar-refractivity contribution in [2.24, 2.45) is 5.73 Å². The number of carbonyl (C=O) groups is 2. The van der Waals surface area contributed by atoms with E-state index in [0.717, 1.165) is 46.3 Å². The number of halogens is 1. The van der Waals surface area contributed by atoms with Gasteiger partial charge in [-0.1, -0.05) is 29.8 Å². The van der Waals surface area contributed by atoms with Crippen LogP contribution in [-0.4, -0.2) is 16.8 Å². The average Bonchev–Trinajstić information content (AvgIpc) is 2.69. The summed E-state index contributed by atoms with van der Waals surface area (Å²) in [6.45, 7) is 2.08. The summed E-state index contributed by atoms with van der Waals surface area (Å²) in [7, 11) is 0. The van der Waals surface area contributed by atoms with Gasteiger partial charge < -0.3 is 10.6 Å². The van der Waals surface area contributed by atoms with Crippen molar-refractivity contribution in [2.45, 2.75) is 26.3 Å². The van der Waals surface area contributed by atoms with Crippen LogP contribution in [0.2, 0.25) is 5.02 Å². The van der Waals surface area contributed by atoms with Gasteiger partial charge in [-0.15, -0.1) is 0 Å². The first-order valence-corrected chi connectivity index (χ1v) is 9.74. The lowest BCUT2D eigenvalue weighted by Gasteiger charge is -2.28. The Morgan fingerprint density at radius 3 is 2.52 bits per heavy atom. The molecule has 0 bridgehead atoms. The lowest BCUT2D eigenvalue weighted by Crippen LogP contribution is -2.30. The first kappa shape index (κ1) is 19.2. The SMILES string of the molecule is CC(=O)N1Cc2ccc(-c3cncc(C(N)=O)c3)cc2CCc2cc(Cl)ccc21. The fourth-order valence-electron chi connectivity index (χ4n) is 3.75. The maximum atomic E-state index is 12.4. The number of benzene rings is 2. The van der Waals surface area contributed by atoms with Crippen LogP contribution in [0.4, 0.5) is 5.69 Å². The Morgan fingerprint density at radius 2 is 1.76 bits per heavy atom. The predicted molar refractivity (Wildman–Crippen MR) is 114 cm³/mol. The van der Waals surface area contributed by atoms with Crippen molar-refractivity contribution in [3.8, 4) is 11.1 Å². The third kappa shape index (κ3) is 3.87. The molecule has 0 unspecified atom stereocenters. The van der Waals surface area contributed by atoms with Crippen molar-refractivity contribution in [3.63, 3.8) is 0 Å². The zero-order chi connectivity index (χ0) is 20.5. The van der Waals surface area contributed by atoms with Gasteiger partial charge in [-0.3, -0.25) is 14.6 Å². The molecule has 2 heterocycles. The number of carbonyl (C=O) groups excluding carboxylic acids is 2. The second kappa shape index (κ2) is 7.68. The van der Waals surface area contributed by atoms with Gasteiger partial charge in [0, 0.05) is 35.6 Å². The number of fused-ring (bicyclic) bond motifs is 2. The van der Waals surface area contributed by atoms with Crippen molar-refractivity contribution in [2.75, 3.05) is 4.90 Å². The Bertz CT molecular complexity index is 1130. The van der Waals surface area contributed by atoms with E-state index in [-0.39, 0.29) is 5.91 Å². The summed E-state index contributed by atoms with van der Waals surface area (Å²) in [6.07, 6.45) is 4.78. The standard InChI is InChI=1S/C23H20ClN3O2/c1-14(28)27-13-18-5-3-16(19-9-20(23(25)29)12-26-11-19)8-15(18)2-4-17-10-21(24)6-7-22(17)27/h3,5-12H,2,4,13H2,1H3,(H2,25,29). The summed E-state index contributed by atoms with van der Waals surface area (Å²) >= 11 is 6.20. The Morgan fingerprint density at radius 1 is 0.966 bits per heavy atom. The molecule has 5 nitrogen and oxygen atoms in total. The van der Waals surface area contributed by atoms with Gasteiger partial charge in [0.2, 0.25) is 11.8 Å². The van der Waals surface area contributed by atoms with Crippen molar-refractivity contribution in [1.29, 1.82) is 0 Å². The Kier molecular flexibility index (Phi) is 5.07. The van der Waals surface area contributed by atoms with E-state index >= 15 is 0 Å². The van der Waals surface area contributed by atoms with Crippen LogP contribution in [0.3, 0.4) is 0 Å². The molecule has 0 radical (unpaired) electrons. The van der Waals surface area contributed by atoms with Crippen LogP contribution in [0.1, 0.15) is 34.0 Å². The van der Waals surface area contributed by atoms with Crippen LogP contribution >= 0.6 is 11.6 Å². The van der Waals surface area contributed by atoms with Crippen LogP contribution in [0.5, 0.6) is 0 Å². The van der Waals surface area contributed by atoms with E-state index in [4.69, 9.17) is 17.3 Å². The van der Waals surface area contributed by atoms with E-state index < -0.39 is 5.91 Å². The topological polar surface area (TPSA) is 76.3 Å². The van der Waals surface area contributed by atoms with Crippen LogP contribution in [0, 0.1) is 0 Å². The minimum Gasteiger partial charge on any atom is -0.366 e. The molecule has 4 rings (SSSR count). The third-order valence-electron chi connectivity index (χ3n) is 5.27. The van der Waals surface area contributed by atoms with Gasteiger partial charge >= 0.3 is 0 Å². The van der Waals surface area contributed by atoms with Gasteiger partial charge in [-0.25, -0.2) is 0 Å². The van der Waals surface area contributed by atoms with E-state index in [1.54, 1.807) is 24.1 Å². The molecule has 0 spiro atoms. The van der Waals surface area contributed by atoms with Crippen molar-refractivity contribution < 1.29 is 9.59 Å². The van der Waals surface area contributed by atoms with Crippen LogP contribution in [0.15, 0.2) is 54.9 Å². The zero-order valence-corrected chi connectivity index (χ0v) is 16.7. The molecule has 146 valence electrons. The highest BCUT2D eigenvalue weighted by atomic mass is 35.5. The number of pyridine rings is 1. The van der Waals surface area contributed by atoms with Crippen molar-refractivity contribution in [1.82, 2.24) is 4.98 Å². The van der Waals surface area contributed by atoms with Gasteiger partial charge in [0.15, 0.2) is 0 Å². The van der Waals surface area contributed by atoms with Gasteiger partial charge in [-0.2, -0.15) is 0 Å². The molecule has 2 aromatic carbocycles. The number of primary amides is 1. The smallest absolute Gasteiger partial charge is 0.250 e. The summed E-state index contributed by atoms with van der Waals surface area (Å²) in [5.74, 6) is -0.514.